The Hall–Kier alpha value is -1.84. The maximum Gasteiger partial charge on any atom is 0.123 e. The van der Waals surface area contributed by atoms with Crippen LogP contribution in [-0.4, -0.2) is 43.1 Å². The van der Waals surface area contributed by atoms with E-state index in [2.05, 4.69) is 65.4 Å². The zero-order valence-electron chi connectivity index (χ0n) is 14.1. The zero-order chi connectivity index (χ0) is 16.1. The summed E-state index contributed by atoms with van der Waals surface area (Å²) < 4.78 is 5.80. The molecule has 3 heteroatoms. The van der Waals surface area contributed by atoms with Crippen molar-refractivity contribution in [1.82, 2.24) is 9.80 Å². The zero-order valence-corrected chi connectivity index (χ0v) is 14.1. The van der Waals surface area contributed by atoms with Gasteiger partial charge in [-0.05, 0) is 25.6 Å². The van der Waals surface area contributed by atoms with E-state index in [0.29, 0.717) is 12.6 Å². The summed E-state index contributed by atoms with van der Waals surface area (Å²) in [5.41, 5.74) is 2.67. The fraction of sp³-hybridized carbons (Fsp3) is 0.400. The van der Waals surface area contributed by atoms with Crippen LogP contribution < -0.4 is 4.74 Å². The number of nitrogens with zero attached hydrogens (tertiary/aromatic N) is 2. The highest BCUT2D eigenvalue weighted by Crippen LogP contribution is 2.29. The quantitative estimate of drug-likeness (QED) is 0.839. The summed E-state index contributed by atoms with van der Waals surface area (Å²) in [7, 11) is 2.21. The average Bonchev–Trinajstić information content (AvgIpc) is 2.59. The van der Waals surface area contributed by atoms with Crippen molar-refractivity contribution in [3.05, 3.63) is 65.7 Å². The van der Waals surface area contributed by atoms with Gasteiger partial charge in [0.05, 0.1) is 6.61 Å². The molecule has 1 unspecified atom stereocenters. The van der Waals surface area contributed by atoms with Crippen LogP contribution in [0.1, 0.15) is 24.1 Å². The van der Waals surface area contributed by atoms with Gasteiger partial charge < -0.3 is 9.64 Å². The topological polar surface area (TPSA) is 15.7 Å². The van der Waals surface area contributed by atoms with Crippen LogP contribution >= 0.6 is 0 Å². The molecule has 0 saturated carbocycles. The number of piperazine rings is 1. The molecular weight excluding hydrogens is 284 g/mol. The minimum atomic E-state index is 0.435. The lowest BCUT2D eigenvalue weighted by Crippen LogP contribution is -2.46. The number of hydrogen-bond donors (Lipinski definition) is 0. The first-order valence-electron chi connectivity index (χ1n) is 8.46. The molecule has 3 rings (SSSR count). The van der Waals surface area contributed by atoms with Gasteiger partial charge in [-0.1, -0.05) is 48.5 Å². The normalized spacial score (nSPS) is 19.7. The number of benzene rings is 2. The van der Waals surface area contributed by atoms with E-state index < -0.39 is 0 Å². The molecule has 1 aliphatic rings. The number of hydrogen-bond acceptors (Lipinski definition) is 3. The molecule has 0 aliphatic carbocycles. The van der Waals surface area contributed by atoms with Crippen LogP contribution in [-0.2, 0) is 6.54 Å². The van der Waals surface area contributed by atoms with E-state index in [4.69, 9.17) is 4.74 Å². The minimum Gasteiger partial charge on any atom is -0.494 e. The van der Waals surface area contributed by atoms with Crippen molar-refractivity contribution >= 4 is 0 Å². The van der Waals surface area contributed by atoms with Gasteiger partial charge >= 0.3 is 0 Å². The third-order valence-electron chi connectivity index (χ3n) is 4.52. The molecule has 23 heavy (non-hydrogen) atoms. The lowest BCUT2D eigenvalue weighted by Gasteiger charge is -2.40. The Labute approximate surface area is 139 Å². The summed E-state index contributed by atoms with van der Waals surface area (Å²) in [5.74, 6) is 1.01. The fourth-order valence-electron chi connectivity index (χ4n) is 3.29. The summed E-state index contributed by atoms with van der Waals surface area (Å²) >= 11 is 0. The average molecular weight is 310 g/mol. The molecule has 1 saturated heterocycles. The second kappa shape index (κ2) is 7.62. The fourth-order valence-corrected chi connectivity index (χ4v) is 3.29. The largest absolute Gasteiger partial charge is 0.494 e. The molecule has 1 atom stereocenters. The van der Waals surface area contributed by atoms with Crippen LogP contribution in [0.5, 0.6) is 5.75 Å². The first kappa shape index (κ1) is 16.0. The van der Waals surface area contributed by atoms with Gasteiger partial charge in [-0.25, -0.2) is 0 Å². The van der Waals surface area contributed by atoms with Gasteiger partial charge in [-0.15, -0.1) is 0 Å². The second-order valence-electron chi connectivity index (χ2n) is 6.20. The van der Waals surface area contributed by atoms with Gasteiger partial charge in [0.15, 0.2) is 0 Å². The second-order valence-corrected chi connectivity index (χ2v) is 6.20. The van der Waals surface area contributed by atoms with Crippen molar-refractivity contribution in [1.29, 1.82) is 0 Å². The summed E-state index contributed by atoms with van der Waals surface area (Å²) in [4.78, 5) is 5.00. The van der Waals surface area contributed by atoms with Crippen LogP contribution in [0, 0.1) is 0 Å². The molecule has 122 valence electrons. The molecule has 1 heterocycles. The molecule has 2 aromatic rings. The number of rotatable bonds is 5. The lowest BCUT2D eigenvalue weighted by atomic mass is 10.0. The molecule has 0 radical (unpaired) electrons. The number of likely N-dealkylation sites (N-methyl/N-ethyl adjacent to an activating group) is 1. The van der Waals surface area contributed by atoms with Gasteiger partial charge in [0, 0.05) is 37.8 Å². The molecule has 0 N–H and O–H groups in total. The van der Waals surface area contributed by atoms with Crippen LogP contribution in [0.15, 0.2) is 54.6 Å². The van der Waals surface area contributed by atoms with Crippen molar-refractivity contribution in [2.24, 2.45) is 0 Å². The number of para-hydroxylation sites is 1. The highest BCUT2D eigenvalue weighted by molar-refractivity contribution is 5.33. The van der Waals surface area contributed by atoms with E-state index in [1.807, 2.05) is 13.0 Å². The molecule has 0 bridgehead atoms. The van der Waals surface area contributed by atoms with Gasteiger partial charge in [-0.2, -0.15) is 0 Å². The van der Waals surface area contributed by atoms with Crippen molar-refractivity contribution in [3.63, 3.8) is 0 Å². The third kappa shape index (κ3) is 3.92. The van der Waals surface area contributed by atoms with E-state index in [-0.39, 0.29) is 0 Å². The smallest absolute Gasteiger partial charge is 0.123 e. The minimum absolute atomic E-state index is 0.435. The summed E-state index contributed by atoms with van der Waals surface area (Å²) in [5, 5.41) is 0. The molecular formula is C20H26N2O. The Morgan fingerprint density at radius 3 is 2.52 bits per heavy atom. The van der Waals surface area contributed by atoms with E-state index >= 15 is 0 Å². The Bertz CT molecular complexity index is 614. The molecule has 0 amide bonds. The molecule has 1 aliphatic heterocycles. The Morgan fingerprint density at radius 2 is 1.74 bits per heavy atom. The van der Waals surface area contributed by atoms with Crippen molar-refractivity contribution < 1.29 is 4.74 Å². The standard InChI is InChI=1S/C20H26N2O/c1-3-23-20-12-8-7-11-18(20)15-22-14-13-21(2)16-19(22)17-9-5-4-6-10-17/h4-12,19H,3,13-16H2,1-2H3. The third-order valence-corrected chi connectivity index (χ3v) is 4.52. The molecule has 0 spiro atoms. The Morgan fingerprint density at radius 1 is 1.00 bits per heavy atom. The van der Waals surface area contributed by atoms with Gasteiger partial charge in [0.1, 0.15) is 5.75 Å². The van der Waals surface area contributed by atoms with E-state index in [9.17, 15) is 0 Å². The van der Waals surface area contributed by atoms with Crippen LogP contribution in [0.4, 0.5) is 0 Å². The molecule has 3 nitrogen and oxygen atoms in total. The van der Waals surface area contributed by atoms with Crippen LogP contribution in [0.2, 0.25) is 0 Å². The predicted octanol–water partition coefficient (Wildman–Crippen LogP) is 3.57. The maximum absolute atomic E-state index is 5.80. The lowest BCUT2D eigenvalue weighted by molar-refractivity contribution is 0.0825. The SMILES string of the molecule is CCOc1ccccc1CN1CCN(C)CC1c1ccccc1. The van der Waals surface area contributed by atoms with E-state index in [1.165, 1.54) is 11.1 Å². The highest BCUT2D eigenvalue weighted by atomic mass is 16.5. The van der Waals surface area contributed by atoms with Crippen LogP contribution in [0.25, 0.3) is 0 Å². The first-order chi connectivity index (χ1) is 11.3. The Kier molecular flexibility index (Phi) is 5.31. The Balaban J connectivity index is 1.82. The van der Waals surface area contributed by atoms with Crippen molar-refractivity contribution in [2.45, 2.75) is 19.5 Å². The van der Waals surface area contributed by atoms with E-state index in [0.717, 1.165) is 31.9 Å². The van der Waals surface area contributed by atoms with Gasteiger partial charge in [-0.3, -0.25) is 4.90 Å². The van der Waals surface area contributed by atoms with Gasteiger partial charge in [0.25, 0.3) is 0 Å². The molecule has 0 aromatic heterocycles. The van der Waals surface area contributed by atoms with Crippen molar-refractivity contribution in [2.75, 3.05) is 33.3 Å². The molecule has 2 aromatic carbocycles. The number of ether oxygens (including phenoxy) is 1. The highest BCUT2D eigenvalue weighted by Gasteiger charge is 2.27. The summed E-state index contributed by atoms with van der Waals surface area (Å²) in [6.45, 7) is 6.95. The summed E-state index contributed by atoms with van der Waals surface area (Å²) in [6.07, 6.45) is 0. The van der Waals surface area contributed by atoms with Crippen molar-refractivity contribution in [3.8, 4) is 5.75 Å². The first-order valence-corrected chi connectivity index (χ1v) is 8.46. The monoisotopic (exact) mass is 310 g/mol. The summed E-state index contributed by atoms with van der Waals surface area (Å²) in [6, 6.07) is 19.7. The predicted molar refractivity (Wildman–Crippen MR) is 94.7 cm³/mol. The molecule has 1 fully saturated rings. The van der Waals surface area contributed by atoms with E-state index in [1.54, 1.807) is 0 Å². The van der Waals surface area contributed by atoms with Gasteiger partial charge in [0.2, 0.25) is 0 Å². The van der Waals surface area contributed by atoms with Crippen LogP contribution in [0.3, 0.4) is 0 Å². The maximum atomic E-state index is 5.80.